The molecule has 0 fully saturated rings. The third-order valence-corrected chi connectivity index (χ3v) is 10.1. The zero-order chi connectivity index (χ0) is 35.9. The van der Waals surface area contributed by atoms with Crippen LogP contribution in [-0.4, -0.2) is 19.3 Å². The number of para-hydroxylation sites is 1. The summed E-state index contributed by atoms with van der Waals surface area (Å²) >= 11 is 0. The van der Waals surface area contributed by atoms with Crippen LogP contribution in [-0.2, 0) is 58.6 Å². The fraction of sp³-hybridized carbons (Fsp3) is 0.304. The summed E-state index contributed by atoms with van der Waals surface area (Å²) in [7, 11) is 0. The molecule has 0 amide bonds. The van der Waals surface area contributed by atoms with Gasteiger partial charge in [0, 0.05) is 34.5 Å². The number of hydrogen-bond donors (Lipinski definition) is 0. The molecule has 4 aromatic carbocycles. The molecular weight excluding hydrogens is 820 g/mol. The second kappa shape index (κ2) is 15.2. The van der Waals surface area contributed by atoms with Gasteiger partial charge in [0.2, 0.25) is 0 Å². The largest absolute Gasteiger partial charge is 2.00 e. The van der Waals surface area contributed by atoms with E-state index in [0.717, 1.165) is 76.7 Å². The van der Waals surface area contributed by atoms with E-state index in [1.54, 1.807) is 0 Å². The van der Waals surface area contributed by atoms with Crippen LogP contribution < -0.4 is 4.74 Å². The van der Waals surface area contributed by atoms with Crippen molar-refractivity contribution in [3.8, 4) is 34.1 Å². The first-order chi connectivity index (χ1) is 24.7. The van der Waals surface area contributed by atoms with Crippen molar-refractivity contribution in [2.24, 2.45) is 0 Å². The van der Waals surface area contributed by atoms with Gasteiger partial charge in [-0.3, -0.25) is 4.68 Å². The third kappa shape index (κ3) is 6.76. The Bertz CT molecular complexity index is 2350. The molecule has 0 unspecified atom stereocenters. The number of ether oxygens (including phenoxy) is 1. The molecule has 6 heteroatoms. The van der Waals surface area contributed by atoms with Crippen LogP contribution >= 0.6 is 0 Å². The van der Waals surface area contributed by atoms with E-state index in [-0.39, 0.29) is 26.5 Å². The van der Waals surface area contributed by atoms with Crippen molar-refractivity contribution in [2.75, 3.05) is 0 Å². The fourth-order valence-electron chi connectivity index (χ4n) is 7.35. The number of nitrogens with zero attached hydrogens (tertiary/aromatic N) is 4. The van der Waals surface area contributed by atoms with Crippen LogP contribution in [0.25, 0.3) is 44.4 Å². The first-order valence-corrected chi connectivity index (χ1v) is 18.6. The Hall–Kier alpha value is -4.47. The van der Waals surface area contributed by atoms with E-state index in [1.807, 2.05) is 12.3 Å². The zero-order valence-corrected chi connectivity index (χ0v) is 33.9. The Labute approximate surface area is 323 Å². The molecule has 52 heavy (non-hydrogen) atoms. The minimum atomic E-state index is -0.127. The van der Waals surface area contributed by atoms with Crippen LogP contribution in [0.3, 0.4) is 0 Å². The van der Waals surface area contributed by atoms with Gasteiger partial charge in [0.15, 0.2) is 0 Å². The standard InChI is InChI=1S/C46H48N4O.Pt/c1-9-30-23-24-47-43(25-30)49-41-20-15-14-19-37(41)38-22-21-35(29-42(38)49)51-36-27-33(46(6,7)8)26-34(28-36)50-40(13-5)45(39(12-4)48-50)44-31(10-2)17-16-18-32(44)11-3;/h14-27H,9-13H2,1-8H3;/q-2;+2. The summed E-state index contributed by atoms with van der Waals surface area (Å²) in [4.78, 5) is 4.79. The summed E-state index contributed by atoms with van der Waals surface area (Å²) in [5.41, 5.74) is 12.9. The molecule has 0 radical (unpaired) electrons. The van der Waals surface area contributed by atoms with Gasteiger partial charge in [-0.1, -0.05) is 97.3 Å². The molecule has 0 N–H and O–H groups in total. The summed E-state index contributed by atoms with van der Waals surface area (Å²) in [5, 5.41) is 7.57. The minimum absolute atomic E-state index is 0. The topological polar surface area (TPSA) is 44.9 Å². The van der Waals surface area contributed by atoms with Crippen LogP contribution in [0.5, 0.6) is 11.5 Å². The van der Waals surface area contributed by atoms with Crippen LogP contribution in [0.1, 0.15) is 89.0 Å². The number of fused-ring (bicyclic) bond motifs is 3. The van der Waals surface area contributed by atoms with Crippen molar-refractivity contribution < 1.29 is 25.8 Å². The monoisotopic (exact) mass is 867 g/mol. The van der Waals surface area contributed by atoms with Gasteiger partial charge in [-0.15, -0.1) is 41.3 Å². The Morgan fingerprint density at radius 3 is 2.12 bits per heavy atom. The summed E-state index contributed by atoms with van der Waals surface area (Å²) in [6.07, 6.45) is 6.47. The van der Waals surface area contributed by atoms with E-state index in [0.29, 0.717) is 11.5 Å². The smallest absolute Gasteiger partial charge is 0.509 e. The van der Waals surface area contributed by atoms with Gasteiger partial charge in [0.25, 0.3) is 0 Å². The Balaban J connectivity index is 0.00000464. The maximum Gasteiger partial charge on any atom is 2.00 e. The molecule has 0 saturated heterocycles. The van der Waals surface area contributed by atoms with Gasteiger partial charge in [0.05, 0.1) is 5.69 Å². The van der Waals surface area contributed by atoms with Gasteiger partial charge < -0.3 is 9.30 Å². The molecule has 0 atom stereocenters. The Morgan fingerprint density at radius 2 is 1.44 bits per heavy atom. The maximum absolute atomic E-state index is 6.72. The second-order valence-electron chi connectivity index (χ2n) is 14.3. The first kappa shape index (κ1) is 37.3. The van der Waals surface area contributed by atoms with Crippen LogP contribution in [0.15, 0.2) is 85.1 Å². The van der Waals surface area contributed by atoms with E-state index in [2.05, 4.69) is 150 Å². The van der Waals surface area contributed by atoms with Gasteiger partial charge in [-0.05, 0) is 89.0 Å². The molecule has 7 rings (SSSR count). The number of rotatable bonds is 10. The molecule has 7 aromatic rings. The van der Waals surface area contributed by atoms with Crippen LogP contribution in [0, 0.1) is 12.1 Å². The molecule has 0 aliphatic rings. The second-order valence-corrected chi connectivity index (χ2v) is 14.3. The molecular formula is C46H48N4OPt. The zero-order valence-electron chi connectivity index (χ0n) is 31.6. The van der Waals surface area contributed by atoms with E-state index in [9.17, 15) is 0 Å². The summed E-state index contributed by atoms with van der Waals surface area (Å²) in [6, 6.07) is 35.2. The van der Waals surface area contributed by atoms with Gasteiger partial charge in [0.1, 0.15) is 5.82 Å². The molecule has 0 bridgehead atoms. The number of benzene rings is 4. The Kier molecular flexibility index (Phi) is 10.9. The summed E-state index contributed by atoms with van der Waals surface area (Å²) in [6.45, 7) is 17.8. The number of pyridine rings is 1. The van der Waals surface area contributed by atoms with Crippen molar-refractivity contribution in [3.05, 3.63) is 131 Å². The Morgan fingerprint density at radius 1 is 0.692 bits per heavy atom. The van der Waals surface area contributed by atoms with Crippen molar-refractivity contribution >= 4 is 21.8 Å². The molecule has 0 spiro atoms. The molecule has 3 aromatic heterocycles. The third-order valence-electron chi connectivity index (χ3n) is 10.1. The molecule has 0 saturated carbocycles. The average Bonchev–Trinajstić information content (AvgIpc) is 3.69. The predicted molar refractivity (Wildman–Crippen MR) is 211 cm³/mol. The number of aromatic nitrogens is 4. The van der Waals surface area contributed by atoms with Gasteiger partial charge >= 0.3 is 21.1 Å². The van der Waals surface area contributed by atoms with E-state index in [1.165, 1.54) is 33.5 Å². The van der Waals surface area contributed by atoms with E-state index < -0.39 is 0 Å². The SMILES string of the molecule is CCc1ccnc(-n2c3[c-]c(Oc4[c-]c(-n5nc(CC)c(-c6c(CC)cccc6CC)c5CC)cc(C(C)(C)C)c4)ccc3c3ccccc32)c1.[Pt+2]. The molecule has 3 heterocycles. The normalized spacial score (nSPS) is 11.7. The average molecular weight is 868 g/mol. The maximum atomic E-state index is 6.72. The molecule has 0 aliphatic heterocycles. The minimum Gasteiger partial charge on any atom is -0.509 e. The number of hydrogen-bond acceptors (Lipinski definition) is 3. The van der Waals surface area contributed by atoms with Crippen LogP contribution in [0.2, 0.25) is 0 Å². The van der Waals surface area contributed by atoms with Crippen molar-refractivity contribution in [2.45, 2.75) is 92.9 Å². The van der Waals surface area contributed by atoms with E-state index in [4.69, 9.17) is 14.8 Å². The quantitative estimate of drug-likeness (QED) is 0.129. The molecule has 0 aliphatic carbocycles. The predicted octanol–water partition coefficient (Wildman–Crippen LogP) is 11.5. The fourth-order valence-corrected chi connectivity index (χ4v) is 7.35. The summed E-state index contributed by atoms with van der Waals surface area (Å²) in [5.74, 6) is 2.14. The van der Waals surface area contributed by atoms with Gasteiger partial charge in [-0.25, -0.2) is 4.98 Å². The molecule has 268 valence electrons. The van der Waals surface area contributed by atoms with Crippen LogP contribution in [0.4, 0.5) is 0 Å². The van der Waals surface area contributed by atoms with Crippen molar-refractivity contribution in [1.82, 2.24) is 19.3 Å². The first-order valence-electron chi connectivity index (χ1n) is 18.6. The van der Waals surface area contributed by atoms with E-state index >= 15 is 0 Å². The van der Waals surface area contributed by atoms with Crippen molar-refractivity contribution in [3.63, 3.8) is 0 Å². The van der Waals surface area contributed by atoms with Crippen molar-refractivity contribution in [1.29, 1.82) is 0 Å². The van der Waals surface area contributed by atoms with Gasteiger partial charge in [-0.2, -0.15) is 11.2 Å². The summed E-state index contributed by atoms with van der Waals surface area (Å²) < 4.78 is 11.0. The number of aryl methyl sites for hydroxylation is 4. The molecule has 5 nitrogen and oxygen atoms in total.